The maximum atomic E-state index is 12.3. The number of hydrogen-bond acceptors (Lipinski definition) is 2. The van der Waals surface area contributed by atoms with Gasteiger partial charge >= 0.3 is 0 Å². The molecule has 17 heavy (non-hydrogen) atoms. The van der Waals surface area contributed by atoms with Gasteiger partial charge in [-0.3, -0.25) is 0 Å². The van der Waals surface area contributed by atoms with E-state index in [9.17, 15) is 4.55 Å². The maximum Gasteiger partial charge on any atom is 0.155 e. The van der Waals surface area contributed by atoms with E-state index in [1.807, 2.05) is 0 Å². The van der Waals surface area contributed by atoms with Crippen LogP contribution in [0, 0.1) is 0 Å². The molecular formula is C11H14Cl3NOS. The number of piperidine rings is 1. The van der Waals surface area contributed by atoms with Gasteiger partial charge in [0.25, 0.3) is 0 Å². The van der Waals surface area contributed by atoms with Gasteiger partial charge in [-0.1, -0.05) is 23.2 Å². The van der Waals surface area contributed by atoms with E-state index in [-0.39, 0.29) is 17.7 Å². The van der Waals surface area contributed by atoms with Gasteiger partial charge in [0.1, 0.15) is 5.25 Å². The first-order valence-corrected chi connectivity index (χ1v) is 7.21. The van der Waals surface area contributed by atoms with Crippen molar-refractivity contribution in [3.05, 3.63) is 28.2 Å². The molecule has 0 bridgehead atoms. The van der Waals surface area contributed by atoms with Gasteiger partial charge in [0.15, 0.2) is 4.90 Å². The molecule has 1 saturated heterocycles. The van der Waals surface area contributed by atoms with E-state index in [0.717, 1.165) is 30.8 Å². The van der Waals surface area contributed by atoms with Crippen molar-refractivity contribution in [2.24, 2.45) is 0 Å². The number of halogens is 3. The lowest BCUT2D eigenvalue weighted by Crippen LogP contribution is -2.35. The maximum absolute atomic E-state index is 12.3. The summed E-state index contributed by atoms with van der Waals surface area (Å²) in [4.78, 5) is 0.740. The van der Waals surface area contributed by atoms with Crippen LogP contribution in [-0.2, 0) is 11.2 Å². The Labute approximate surface area is 121 Å². The lowest BCUT2D eigenvalue weighted by atomic mass is 10.2. The van der Waals surface area contributed by atoms with Crippen molar-refractivity contribution in [2.75, 3.05) is 13.1 Å². The summed E-state index contributed by atoms with van der Waals surface area (Å²) in [6.07, 6.45) is 1.88. The molecule has 1 N–H and O–H groups in total. The van der Waals surface area contributed by atoms with Crippen LogP contribution in [0.1, 0.15) is 12.8 Å². The molecular weight excluding hydrogens is 301 g/mol. The Kier molecular flexibility index (Phi) is 6.41. The first-order valence-electron chi connectivity index (χ1n) is 5.24. The molecule has 96 valence electrons. The molecule has 0 saturated carbocycles. The second kappa shape index (κ2) is 7.07. The third kappa shape index (κ3) is 4.19. The molecule has 1 aromatic carbocycles. The highest BCUT2D eigenvalue weighted by molar-refractivity contribution is 7.92. The molecule has 0 radical (unpaired) electrons. The zero-order valence-electron chi connectivity index (χ0n) is 9.12. The van der Waals surface area contributed by atoms with Crippen molar-refractivity contribution in [3.8, 4) is 0 Å². The molecule has 1 fully saturated rings. The van der Waals surface area contributed by atoms with Crippen molar-refractivity contribution in [3.63, 3.8) is 0 Å². The van der Waals surface area contributed by atoms with Crippen LogP contribution < -0.4 is 5.32 Å². The van der Waals surface area contributed by atoms with Crippen LogP contribution in [0.3, 0.4) is 0 Å². The average molecular weight is 315 g/mol. The first kappa shape index (κ1) is 15.4. The molecule has 1 aliphatic rings. The van der Waals surface area contributed by atoms with Crippen LogP contribution in [0.15, 0.2) is 23.1 Å². The fourth-order valence-electron chi connectivity index (χ4n) is 1.85. The summed E-state index contributed by atoms with van der Waals surface area (Å²) in [5.74, 6) is 0. The molecule has 1 heterocycles. The SMILES string of the molecule is Cl.[O-][S+](c1cc(Cl)cc(Cl)c1)C1CCNCC1. The Balaban J connectivity index is 0.00000144. The Morgan fingerprint density at radius 2 is 1.65 bits per heavy atom. The summed E-state index contributed by atoms with van der Waals surface area (Å²) < 4.78 is 12.3. The smallest absolute Gasteiger partial charge is 0.155 e. The quantitative estimate of drug-likeness (QED) is 0.850. The van der Waals surface area contributed by atoms with E-state index in [2.05, 4.69) is 5.32 Å². The monoisotopic (exact) mass is 313 g/mol. The first-order chi connectivity index (χ1) is 7.66. The van der Waals surface area contributed by atoms with E-state index in [1.165, 1.54) is 0 Å². The van der Waals surface area contributed by atoms with E-state index < -0.39 is 11.2 Å². The molecule has 1 unspecified atom stereocenters. The highest BCUT2D eigenvalue weighted by Crippen LogP contribution is 2.27. The largest absolute Gasteiger partial charge is 0.611 e. The Bertz CT molecular complexity index is 351. The van der Waals surface area contributed by atoms with E-state index in [1.54, 1.807) is 18.2 Å². The van der Waals surface area contributed by atoms with Crippen molar-refractivity contribution < 1.29 is 4.55 Å². The van der Waals surface area contributed by atoms with Gasteiger partial charge in [-0.05, 0) is 30.3 Å². The Morgan fingerprint density at radius 3 is 2.18 bits per heavy atom. The van der Waals surface area contributed by atoms with Gasteiger partial charge in [0.2, 0.25) is 0 Å². The van der Waals surface area contributed by atoms with Gasteiger partial charge in [-0.2, -0.15) is 0 Å². The van der Waals surface area contributed by atoms with Gasteiger partial charge in [0.05, 0.1) is 0 Å². The molecule has 0 aliphatic carbocycles. The van der Waals surface area contributed by atoms with Gasteiger partial charge in [-0.15, -0.1) is 12.4 Å². The third-order valence-corrected chi connectivity index (χ3v) is 4.87. The normalized spacial score (nSPS) is 18.5. The number of benzene rings is 1. The lowest BCUT2D eigenvalue weighted by Gasteiger charge is -2.25. The Hall–Kier alpha value is 0.360. The van der Waals surface area contributed by atoms with Crippen molar-refractivity contribution in [1.82, 2.24) is 5.32 Å². The lowest BCUT2D eigenvalue weighted by molar-refractivity contribution is 0.496. The summed E-state index contributed by atoms with van der Waals surface area (Å²) >= 11 is 10.8. The predicted octanol–water partition coefficient (Wildman–Crippen LogP) is 3.27. The van der Waals surface area contributed by atoms with Gasteiger partial charge in [-0.25, -0.2) is 0 Å². The molecule has 1 aliphatic heterocycles. The van der Waals surface area contributed by atoms with Crippen LogP contribution in [0.5, 0.6) is 0 Å². The molecule has 6 heteroatoms. The molecule has 0 spiro atoms. The Morgan fingerprint density at radius 1 is 1.12 bits per heavy atom. The fourth-order valence-corrected chi connectivity index (χ4v) is 4.04. The van der Waals surface area contributed by atoms with Crippen molar-refractivity contribution in [1.29, 1.82) is 0 Å². The molecule has 0 amide bonds. The second-order valence-corrected chi connectivity index (χ2v) is 6.46. The van der Waals surface area contributed by atoms with E-state index >= 15 is 0 Å². The van der Waals surface area contributed by atoms with E-state index in [4.69, 9.17) is 23.2 Å². The number of rotatable bonds is 2. The third-order valence-electron chi connectivity index (χ3n) is 2.66. The summed E-state index contributed by atoms with van der Waals surface area (Å²) in [5.41, 5.74) is 0. The van der Waals surface area contributed by atoms with Gasteiger partial charge < -0.3 is 9.87 Å². The topological polar surface area (TPSA) is 35.1 Å². The van der Waals surface area contributed by atoms with Crippen molar-refractivity contribution >= 4 is 46.8 Å². The number of nitrogens with one attached hydrogen (secondary N) is 1. The second-order valence-electron chi connectivity index (χ2n) is 3.85. The zero-order valence-corrected chi connectivity index (χ0v) is 12.3. The minimum Gasteiger partial charge on any atom is -0.611 e. The highest BCUT2D eigenvalue weighted by Gasteiger charge is 2.27. The summed E-state index contributed by atoms with van der Waals surface area (Å²) in [6, 6.07) is 5.14. The van der Waals surface area contributed by atoms with Crippen LogP contribution in [0.4, 0.5) is 0 Å². The molecule has 1 atom stereocenters. The van der Waals surface area contributed by atoms with E-state index in [0.29, 0.717) is 10.0 Å². The molecule has 0 aromatic heterocycles. The van der Waals surface area contributed by atoms with Crippen LogP contribution >= 0.6 is 35.6 Å². The van der Waals surface area contributed by atoms with Crippen molar-refractivity contribution in [2.45, 2.75) is 23.0 Å². The van der Waals surface area contributed by atoms with Gasteiger partial charge in [0, 0.05) is 35.0 Å². The zero-order chi connectivity index (χ0) is 11.5. The summed E-state index contributed by atoms with van der Waals surface area (Å²) in [5, 5.41) is 4.57. The predicted molar refractivity (Wildman–Crippen MR) is 76.0 cm³/mol. The van der Waals surface area contributed by atoms with Crippen LogP contribution in [-0.4, -0.2) is 22.9 Å². The summed E-state index contributed by atoms with van der Waals surface area (Å²) in [7, 11) is 0. The minimum absolute atomic E-state index is 0. The summed E-state index contributed by atoms with van der Waals surface area (Å²) in [6.45, 7) is 1.87. The molecule has 1 aromatic rings. The number of hydrogen-bond donors (Lipinski definition) is 1. The minimum atomic E-state index is -0.999. The van der Waals surface area contributed by atoms with Crippen LogP contribution in [0.25, 0.3) is 0 Å². The average Bonchev–Trinajstić information content (AvgIpc) is 2.28. The highest BCUT2D eigenvalue weighted by atomic mass is 35.5. The standard InChI is InChI=1S/C11H13Cl2NOS.ClH/c12-8-5-9(13)7-11(6-8)16(15)10-1-3-14-4-2-10;/h5-7,10,14H,1-4H2;1H. The van der Waals surface area contributed by atoms with Crippen LogP contribution in [0.2, 0.25) is 10.0 Å². The molecule has 2 nitrogen and oxygen atoms in total. The fraction of sp³-hybridized carbons (Fsp3) is 0.455. The molecule has 2 rings (SSSR count).